The third-order valence-corrected chi connectivity index (χ3v) is 6.67. The Labute approximate surface area is 238 Å². The van der Waals surface area contributed by atoms with Crippen LogP contribution in [0.5, 0.6) is 5.75 Å². The minimum Gasteiger partial charge on any atom is -0.497 e. The van der Waals surface area contributed by atoms with Crippen molar-refractivity contribution in [1.82, 2.24) is 9.55 Å². The summed E-state index contributed by atoms with van der Waals surface area (Å²) in [6, 6.07) is 27.6. The molecule has 1 aliphatic rings. The number of carbonyl (C=O) groups is 1. The zero-order valence-corrected chi connectivity index (χ0v) is 22.6. The zero-order chi connectivity index (χ0) is 28.6. The molecule has 1 saturated heterocycles. The maximum absolute atomic E-state index is 13.0. The SMILES string of the molecule is C=C1[C@H](n2ccc(NC(=O)c3ccccc3)nc2=O)O[C@H](COCc2ccccc2)[C@H]1OCc1ccc(OC)cc1. The summed E-state index contributed by atoms with van der Waals surface area (Å²) in [5.41, 5.74) is 2.41. The van der Waals surface area contributed by atoms with Gasteiger partial charge in [-0.05, 0) is 41.5 Å². The fourth-order valence-electron chi connectivity index (χ4n) is 4.50. The molecule has 2 heterocycles. The van der Waals surface area contributed by atoms with Gasteiger partial charge in [0.25, 0.3) is 5.91 Å². The van der Waals surface area contributed by atoms with Crippen molar-refractivity contribution in [1.29, 1.82) is 0 Å². The first-order valence-electron chi connectivity index (χ1n) is 13.2. The van der Waals surface area contributed by atoms with Crippen molar-refractivity contribution >= 4 is 11.7 Å². The van der Waals surface area contributed by atoms with Crippen LogP contribution in [0.1, 0.15) is 27.7 Å². The molecule has 9 heteroatoms. The van der Waals surface area contributed by atoms with E-state index in [1.807, 2.05) is 60.7 Å². The number of carbonyl (C=O) groups excluding carboxylic acids is 1. The van der Waals surface area contributed by atoms with E-state index in [-0.39, 0.29) is 18.3 Å². The molecule has 41 heavy (non-hydrogen) atoms. The van der Waals surface area contributed by atoms with Crippen LogP contribution in [0.3, 0.4) is 0 Å². The summed E-state index contributed by atoms with van der Waals surface area (Å²) in [6.45, 7) is 5.15. The van der Waals surface area contributed by atoms with Crippen LogP contribution in [0.4, 0.5) is 5.82 Å². The third kappa shape index (κ3) is 6.96. The van der Waals surface area contributed by atoms with Gasteiger partial charge < -0.3 is 24.3 Å². The summed E-state index contributed by atoms with van der Waals surface area (Å²) < 4.78 is 25.1. The van der Waals surface area contributed by atoms with E-state index in [0.29, 0.717) is 24.4 Å². The molecule has 1 amide bonds. The van der Waals surface area contributed by atoms with Gasteiger partial charge in [0.2, 0.25) is 0 Å². The highest BCUT2D eigenvalue weighted by atomic mass is 16.6. The molecule has 3 atom stereocenters. The molecule has 1 aromatic heterocycles. The fourth-order valence-corrected chi connectivity index (χ4v) is 4.50. The van der Waals surface area contributed by atoms with Crippen LogP contribution in [0.2, 0.25) is 0 Å². The maximum Gasteiger partial charge on any atom is 0.351 e. The average Bonchev–Trinajstić information content (AvgIpc) is 3.31. The monoisotopic (exact) mass is 553 g/mol. The number of hydrogen-bond donors (Lipinski definition) is 1. The van der Waals surface area contributed by atoms with Crippen molar-refractivity contribution in [2.75, 3.05) is 19.0 Å². The number of amides is 1. The number of aromatic nitrogens is 2. The van der Waals surface area contributed by atoms with Gasteiger partial charge in [0.05, 0.1) is 26.9 Å². The Balaban J connectivity index is 1.30. The van der Waals surface area contributed by atoms with Gasteiger partial charge in [0, 0.05) is 17.3 Å². The van der Waals surface area contributed by atoms with Crippen molar-refractivity contribution < 1.29 is 23.7 Å². The van der Waals surface area contributed by atoms with E-state index in [4.69, 9.17) is 18.9 Å². The van der Waals surface area contributed by atoms with Gasteiger partial charge in [-0.3, -0.25) is 9.36 Å². The Bertz CT molecular complexity index is 1520. The molecule has 0 saturated carbocycles. The van der Waals surface area contributed by atoms with Crippen molar-refractivity contribution in [2.24, 2.45) is 0 Å². The summed E-state index contributed by atoms with van der Waals surface area (Å²) >= 11 is 0. The lowest BCUT2D eigenvalue weighted by molar-refractivity contribution is -0.0831. The quantitative estimate of drug-likeness (QED) is 0.267. The van der Waals surface area contributed by atoms with Gasteiger partial charge in [-0.25, -0.2) is 4.79 Å². The Kier molecular flexibility index (Phi) is 9.00. The molecule has 1 N–H and O–H groups in total. The van der Waals surface area contributed by atoms with E-state index in [1.165, 1.54) is 10.8 Å². The van der Waals surface area contributed by atoms with Crippen molar-refractivity contribution in [3.63, 3.8) is 0 Å². The van der Waals surface area contributed by atoms with Gasteiger partial charge >= 0.3 is 5.69 Å². The van der Waals surface area contributed by atoms with Crippen molar-refractivity contribution in [2.45, 2.75) is 31.6 Å². The molecule has 4 aromatic rings. The fraction of sp³-hybridized carbons (Fsp3) is 0.219. The highest BCUT2D eigenvalue weighted by Gasteiger charge is 2.41. The third-order valence-electron chi connectivity index (χ3n) is 6.67. The molecule has 0 unspecified atom stereocenters. The molecule has 0 aliphatic carbocycles. The second-order valence-corrected chi connectivity index (χ2v) is 9.50. The van der Waals surface area contributed by atoms with Crippen LogP contribution >= 0.6 is 0 Å². The number of anilines is 1. The van der Waals surface area contributed by atoms with Crippen molar-refractivity contribution in [3.8, 4) is 5.75 Å². The second kappa shape index (κ2) is 13.2. The molecule has 1 fully saturated rings. The summed E-state index contributed by atoms with van der Waals surface area (Å²) in [7, 11) is 1.62. The van der Waals surface area contributed by atoms with Crippen LogP contribution in [0.15, 0.2) is 114 Å². The molecular formula is C32H31N3O6. The molecule has 3 aromatic carbocycles. The number of benzene rings is 3. The zero-order valence-electron chi connectivity index (χ0n) is 22.6. The van der Waals surface area contributed by atoms with Crippen LogP contribution < -0.4 is 15.7 Å². The first-order valence-corrected chi connectivity index (χ1v) is 13.2. The highest BCUT2D eigenvalue weighted by Crippen LogP contribution is 2.35. The van der Waals surface area contributed by atoms with E-state index in [0.717, 1.165) is 16.9 Å². The minimum atomic E-state index is -0.819. The predicted octanol–water partition coefficient (Wildman–Crippen LogP) is 4.76. The first-order chi connectivity index (χ1) is 20.0. The van der Waals surface area contributed by atoms with Crippen LogP contribution in [0, 0.1) is 0 Å². The molecule has 9 nitrogen and oxygen atoms in total. The summed E-state index contributed by atoms with van der Waals surface area (Å²) in [6.07, 6.45) is -0.347. The second-order valence-electron chi connectivity index (χ2n) is 9.50. The lowest BCUT2D eigenvalue weighted by atomic mass is 10.1. The molecule has 0 spiro atoms. The first kappa shape index (κ1) is 28.0. The number of methoxy groups -OCH3 is 1. The summed E-state index contributed by atoms with van der Waals surface area (Å²) in [5.74, 6) is 0.531. The Morgan fingerprint density at radius 2 is 1.63 bits per heavy atom. The van der Waals surface area contributed by atoms with Crippen LogP contribution in [0.25, 0.3) is 0 Å². The maximum atomic E-state index is 13.0. The smallest absolute Gasteiger partial charge is 0.351 e. The number of rotatable bonds is 11. The van der Waals surface area contributed by atoms with Gasteiger partial charge in [0.15, 0.2) is 6.23 Å². The Hall–Kier alpha value is -4.57. The molecule has 0 bridgehead atoms. The largest absolute Gasteiger partial charge is 0.497 e. The molecule has 210 valence electrons. The lowest BCUT2D eigenvalue weighted by Crippen LogP contribution is -2.30. The number of nitrogens with zero attached hydrogens (tertiary/aromatic N) is 2. The van der Waals surface area contributed by atoms with Crippen LogP contribution in [-0.2, 0) is 27.4 Å². The topological polar surface area (TPSA) is 101 Å². The van der Waals surface area contributed by atoms with Gasteiger partial charge in [-0.15, -0.1) is 0 Å². The highest BCUT2D eigenvalue weighted by molar-refractivity contribution is 6.03. The summed E-state index contributed by atoms with van der Waals surface area (Å²) in [4.78, 5) is 29.6. The van der Waals surface area contributed by atoms with E-state index < -0.39 is 24.1 Å². The Morgan fingerprint density at radius 3 is 2.32 bits per heavy atom. The summed E-state index contributed by atoms with van der Waals surface area (Å²) in [5, 5.41) is 2.66. The molecular weight excluding hydrogens is 522 g/mol. The van der Waals surface area contributed by atoms with Crippen LogP contribution in [-0.4, -0.2) is 41.4 Å². The standard InChI is InChI=1S/C32H31N3O6/c1-22-29(40-20-24-13-15-26(38-2)16-14-24)27(21-39-19-23-9-5-3-6-10-23)41-31(22)35-18-17-28(34-32(35)37)33-30(36)25-11-7-4-8-12-25/h3-18,27,29,31H,1,19-21H2,2H3,(H,33,34,36,37)/t27-,29+,31-/m1/s1. The van der Waals surface area contributed by atoms with Crippen molar-refractivity contribution in [3.05, 3.63) is 137 Å². The van der Waals surface area contributed by atoms with Gasteiger partial charge in [-0.2, -0.15) is 4.98 Å². The van der Waals surface area contributed by atoms with Gasteiger partial charge in [-0.1, -0.05) is 67.2 Å². The minimum absolute atomic E-state index is 0.138. The van der Waals surface area contributed by atoms with E-state index >= 15 is 0 Å². The number of nitrogens with one attached hydrogen (secondary N) is 1. The number of ether oxygens (including phenoxy) is 4. The van der Waals surface area contributed by atoms with E-state index in [9.17, 15) is 9.59 Å². The Morgan fingerprint density at radius 1 is 0.951 bits per heavy atom. The number of hydrogen-bond acceptors (Lipinski definition) is 7. The molecule has 1 aliphatic heterocycles. The normalized spacial score (nSPS) is 18.3. The van der Waals surface area contributed by atoms with E-state index in [1.54, 1.807) is 37.4 Å². The lowest BCUT2D eigenvalue weighted by Gasteiger charge is -2.19. The molecule has 5 rings (SSSR count). The van der Waals surface area contributed by atoms with Gasteiger partial charge in [0.1, 0.15) is 23.8 Å². The predicted molar refractivity (Wildman–Crippen MR) is 154 cm³/mol. The average molecular weight is 554 g/mol. The molecule has 0 radical (unpaired) electrons. The van der Waals surface area contributed by atoms with E-state index in [2.05, 4.69) is 16.9 Å².